The summed E-state index contributed by atoms with van der Waals surface area (Å²) in [6, 6.07) is 14.8. The summed E-state index contributed by atoms with van der Waals surface area (Å²) in [7, 11) is -4.01. The molecular formula is C18H18O5S. The van der Waals surface area contributed by atoms with Crippen LogP contribution < -0.4 is 0 Å². The topological polar surface area (TPSA) is 69.7 Å². The summed E-state index contributed by atoms with van der Waals surface area (Å²) in [5.41, 5.74) is 1.48. The Morgan fingerprint density at radius 1 is 1.04 bits per heavy atom. The molecule has 5 nitrogen and oxygen atoms in total. The van der Waals surface area contributed by atoms with Gasteiger partial charge in [0.1, 0.15) is 16.7 Å². The van der Waals surface area contributed by atoms with Crippen molar-refractivity contribution in [3.05, 3.63) is 72.0 Å². The summed E-state index contributed by atoms with van der Waals surface area (Å²) in [4.78, 5) is 12.1. The number of carbonyl (C=O) groups is 1. The Balaban J connectivity index is 2.33. The van der Waals surface area contributed by atoms with Crippen molar-refractivity contribution >= 4 is 21.7 Å². The Morgan fingerprint density at radius 2 is 1.67 bits per heavy atom. The lowest BCUT2D eigenvalue weighted by Gasteiger charge is -2.08. The van der Waals surface area contributed by atoms with Crippen LogP contribution in [-0.2, 0) is 23.8 Å². The quantitative estimate of drug-likeness (QED) is 0.347. The van der Waals surface area contributed by atoms with Crippen LogP contribution in [0, 0.1) is 6.92 Å². The fourth-order valence-corrected chi connectivity index (χ4v) is 2.74. The molecule has 2 aromatic rings. The van der Waals surface area contributed by atoms with Crippen LogP contribution in [0.3, 0.4) is 0 Å². The third-order valence-corrected chi connectivity index (χ3v) is 4.38. The van der Waals surface area contributed by atoms with E-state index in [0.717, 1.165) is 11.8 Å². The molecule has 0 saturated heterocycles. The summed E-state index contributed by atoms with van der Waals surface area (Å²) in [5, 5.41) is 0. The van der Waals surface area contributed by atoms with Gasteiger partial charge in [0.15, 0.2) is 0 Å². The van der Waals surface area contributed by atoms with E-state index in [4.69, 9.17) is 8.92 Å². The van der Waals surface area contributed by atoms with E-state index in [-0.39, 0.29) is 17.1 Å². The van der Waals surface area contributed by atoms with Crippen molar-refractivity contribution in [1.82, 2.24) is 0 Å². The molecular weight excluding hydrogens is 328 g/mol. The first-order chi connectivity index (χ1) is 11.4. The van der Waals surface area contributed by atoms with Crippen molar-refractivity contribution in [1.29, 1.82) is 0 Å². The second kappa shape index (κ2) is 7.79. The fourth-order valence-electron chi connectivity index (χ4n) is 1.93. The van der Waals surface area contributed by atoms with Gasteiger partial charge < -0.3 is 8.92 Å². The van der Waals surface area contributed by atoms with E-state index in [2.05, 4.69) is 0 Å². The summed E-state index contributed by atoms with van der Waals surface area (Å²) in [6.45, 7) is 3.70. The summed E-state index contributed by atoms with van der Waals surface area (Å²) < 4.78 is 34.4. The molecule has 2 rings (SSSR count). The van der Waals surface area contributed by atoms with E-state index in [1.165, 1.54) is 12.1 Å². The highest BCUT2D eigenvalue weighted by Gasteiger charge is 2.18. The van der Waals surface area contributed by atoms with Crippen LogP contribution in [-0.4, -0.2) is 21.0 Å². The maximum Gasteiger partial charge on any atom is 0.341 e. The lowest BCUT2D eigenvalue weighted by Crippen LogP contribution is -2.09. The average Bonchev–Trinajstić information content (AvgIpc) is 2.56. The number of hydrogen-bond donors (Lipinski definition) is 0. The number of benzene rings is 2. The number of hydrogen-bond acceptors (Lipinski definition) is 5. The Bertz CT molecular complexity index is 821. The molecule has 126 valence electrons. The standard InChI is InChI=1S/C18H18O5S/c1-3-22-18(19)17(15-7-5-4-6-8-15)13-23-24(20,21)16-11-9-14(2)10-12-16/h4-13H,3H2,1-2H3. The van der Waals surface area contributed by atoms with Crippen LogP contribution in [0.2, 0.25) is 0 Å². The second-order valence-corrected chi connectivity index (χ2v) is 6.55. The molecule has 0 aliphatic heterocycles. The van der Waals surface area contributed by atoms with E-state index >= 15 is 0 Å². The van der Waals surface area contributed by atoms with Gasteiger partial charge in [0.25, 0.3) is 0 Å². The number of carbonyl (C=O) groups excluding carboxylic acids is 1. The Kier molecular flexibility index (Phi) is 5.76. The molecule has 0 radical (unpaired) electrons. The molecule has 0 aliphatic carbocycles. The first kappa shape index (κ1) is 17.7. The Morgan fingerprint density at radius 3 is 2.25 bits per heavy atom. The molecule has 0 amide bonds. The van der Waals surface area contributed by atoms with Gasteiger partial charge in [0.2, 0.25) is 0 Å². The van der Waals surface area contributed by atoms with E-state index in [0.29, 0.717) is 5.56 Å². The highest BCUT2D eigenvalue weighted by Crippen LogP contribution is 2.19. The lowest BCUT2D eigenvalue weighted by molar-refractivity contribution is -0.136. The zero-order chi connectivity index (χ0) is 17.6. The van der Waals surface area contributed by atoms with Crippen LogP contribution in [0.4, 0.5) is 0 Å². The maximum absolute atomic E-state index is 12.2. The maximum atomic E-state index is 12.2. The molecule has 0 atom stereocenters. The summed E-state index contributed by atoms with van der Waals surface area (Å²) in [6.07, 6.45) is 0.919. The minimum atomic E-state index is -4.01. The zero-order valence-electron chi connectivity index (χ0n) is 13.4. The number of esters is 1. The minimum Gasteiger partial charge on any atom is -0.462 e. The van der Waals surface area contributed by atoms with Gasteiger partial charge in [-0.3, -0.25) is 0 Å². The van der Waals surface area contributed by atoms with Gasteiger partial charge in [-0.05, 0) is 31.5 Å². The highest BCUT2D eigenvalue weighted by molar-refractivity contribution is 7.86. The average molecular weight is 346 g/mol. The van der Waals surface area contributed by atoms with Gasteiger partial charge in [-0.2, -0.15) is 8.42 Å². The minimum absolute atomic E-state index is 0.0145. The molecule has 2 aromatic carbocycles. The predicted molar refractivity (Wildman–Crippen MR) is 90.5 cm³/mol. The SMILES string of the molecule is CCOC(=O)C(=COS(=O)(=O)c1ccc(C)cc1)c1ccccc1. The van der Waals surface area contributed by atoms with Gasteiger partial charge in [0, 0.05) is 0 Å². The van der Waals surface area contributed by atoms with Gasteiger partial charge in [0.05, 0.1) is 6.61 Å². The van der Waals surface area contributed by atoms with Gasteiger partial charge in [-0.1, -0.05) is 48.0 Å². The van der Waals surface area contributed by atoms with Gasteiger partial charge in [-0.25, -0.2) is 4.79 Å². The fraction of sp³-hybridized carbons (Fsp3) is 0.167. The van der Waals surface area contributed by atoms with Gasteiger partial charge in [-0.15, -0.1) is 0 Å². The van der Waals surface area contributed by atoms with Crippen LogP contribution in [0.25, 0.3) is 5.57 Å². The largest absolute Gasteiger partial charge is 0.462 e. The van der Waals surface area contributed by atoms with E-state index < -0.39 is 16.1 Å². The van der Waals surface area contributed by atoms with Crippen molar-refractivity contribution in [2.75, 3.05) is 6.61 Å². The molecule has 24 heavy (non-hydrogen) atoms. The van der Waals surface area contributed by atoms with Gasteiger partial charge >= 0.3 is 16.1 Å². The lowest BCUT2D eigenvalue weighted by atomic mass is 10.1. The third kappa shape index (κ3) is 4.45. The molecule has 0 N–H and O–H groups in total. The van der Waals surface area contributed by atoms with Crippen molar-refractivity contribution in [2.24, 2.45) is 0 Å². The van der Waals surface area contributed by atoms with E-state index in [9.17, 15) is 13.2 Å². The zero-order valence-corrected chi connectivity index (χ0v) is 14.2. The van der Waals surface area contributed by atoms with E-state index in [1.807, 2.05) is 6.92 Å². The summed E-state index contributed by atoms with van der Waals surface area (Å²) in [5.74, 6) is -0.650. The monoisotopic (exact) mass is 346 g/mol. The van der Waals surface area contributed by atoms with Crippen molar-refractivity contribution in [2.45, 2.75) is 18.7 Å². The molecule has 6 heteroatoms. The summed E-state index contributed by atoms with van der Waals surface area (Å²) >= 11 is 0. The normalized spacial score (nSPS) is 11.8. The Hall–Kier alpha value is -2.60. The highest BCUT2D eigenvalue weighted by atomic mass is 32.2. The smallest absolute Gasteiger partial charge is 0.341 e. The molecule has 0 spiro atoms. The van der Waals surface area contributed by atoms with Crippen molar-refractivity contribution in [3.63, 3.8) is 0 Å². The van der Waals surface area contributed by atoms with Crippen LogP contribution in [0.5, 0.6) is 0 Å². The van der Waals surface area contributed by atoms with Crippen LogP contribution in [0.1, 0.15) is 18.1 Å². The number of aryl methyl sites for hydroxylation is 1. The molecule has 0 heterocycles. The van der Waals surface area contributed by atoms with E-state index in [1.54, 1.807) is 49.4 Å². The van der Waals surface area contributed by atoms with Crippen LogP contribution in [0.15, 0.2) is 65.8 Å². The molecule has 0 bridgehead atoms. The number of rotatable bonds is 6. The predicted octanol–water partition coefficient (Wildman–Crippen LogP) is 3.30. The van der Waals surface area contributed by atoms with Crippen molar-refractivity contribution < 1.29 is 22.1 Å². The Labute approximate surface area is 141 Å². The van der Waals surface area contributed by atoms with Crippen LogP contribution >= 0.6 is 0 Å². The first-order valence-electron chi connectivity index (χ1n) is 7.36. The number of ether oxygens (including phenoxy) is 1. The van der Waals surface area contributed by atoms with Crippen molar-refractivity contribution in [3.8, 4) is 0 Å². The second-order valence-electron chi connectivity index (χ2n) is 4.98. The third-order valence-electron chi connectivity index (χ3n) is 3.18. The molecule has 0 saturated carbocycles. The molecule has 0 unspecified atom stereocenters. The first-order valence-corrected chi connectivity index (χ1v) is 8.77. The molecule has 0 aliphatic rings. The molecule has 0 aromatic heterocycles. The molecule has 0 fully saturated rings.